The van der Waals surface area contributed by atoms with Crippen LogP contribution >= 0.6 is 9.24 Å². The molecule has 0 heterocycles. The molecule has 1 atom stereocenters. The van der Waals surface area contributed by atoms with E-state index in [-0.39, 0.29) is 0 Å². The average molecular weight is 130 g/mol. The van der Waals surface area contributed by atoms with Crippen LogP contribution in [0.4, 0.5) is 0 Å². The Kier molecular flexibility index (Phi) is 2.70. The molecule has 0 aromatic carbocycles. The van der Waals surface area contributed by atoms with Crippen LogP contribution in [0.3, 0.4) is 0 Å². The van der Waals surface area contributed by atoms with E-state index in [4.69, 9.17) is 0 Å². The van der Waals surface area contributed by atoms with Gasteiger partial charge in [-0.1, -0.05) is 32.9 Å². The fourth-order valence-electron chi connectivity index (χ4n) is 0.306. The highest BCUT2D eigenvalue weighted by atomic mass is 31.0. The molecule has 8 heavy (non-hydrogen) atoms. The Morgan fingerprint density at radius 2 is 1.88 bits per heavy atom. The minimum absolute atomic E-state index is 0.293. The van der Waals surface area contributed by atoms with E-state index in [2.05, 4.69) is 36.6 Å². The summed E-state index contributed by atoms with van der Waals surface area (Å²) in [6.07, 6.45) is 1.02. The molecule has 1 heteroatoms. The first-order valence-electron chi connectivity index (χ1n) is 2.87. The zero-order chi connectivity index (χ0) is 6.78. The maximum Gasteiger partial charge on any atom is -0.0167 e. The molecule has 0 saturated heterocycles. The summed E-state index contributed by atoms with van der Waals surface area (Å²) < 4.78 is 0. The van der Waals surface area contributed by atoms with Crippen LogP contribution in [0.15, 0.2) is 12.2 Å². The largest absolute Gasteiger partial charge is 0.133 e. The van der Waals surface area contributed by atoms with Gasteiger partial charge in [-0.15, -0.1) is 9.24 Å². The van der Waals surface area contributed by atoms with E-state index in [1.165, 1.54) is 5.57 Å². The lowest BCUT2D eigenvalue weighted by Crippen LogP contribution is -2.08. The van der Waals surface area contributed by atoms with Crippen molar-refractivity contribution in [2.24, 2.45) is 5.41 Å². The Balaban J connectivity index is 3.82. The second kappa shape index (κ2) is 2.64. The molecule has 0 amide bonds. The van der Waals surface area contributed by atoms with Crippen LogP contribution in [-0.4, -0.2) is 6.16 Å². The van der Waals surface area contributed by atoms with Gasteiger partial charge in [-0.3, -0.25) is 0 Å². The Hall–Kier alpha value is 0.170. The van der Waals surface area contributed by atoms with Crippen LogP contribution in [0.5, 0.6) is 0 Å². The van der Waals surface area contributed by atoms with Gasteiger partial charge in [0, 0.05) is 0 Å². The fourth-order valence-corrected chi connectivity index (χ4v) is 0.919. The zero-order valence-corrected chi connectivity index (χ0v) is 7.15. The van der Waals surface area contributed by atoms with Crippen LogP contribution in [0.1, 0.15) is 20.8 Å². The summed E-state index contributed by atoms with van der Waals surface area (Å²) in [5.41, 5.74) is 1.59. The number of hydrogen-bond donors (Lipinski definition) is 0. The van der Waals surface area contributed by atoms with E-state index in [0.717, 1.165) is 6.16 Å². The monoisotopic (exact) mass is 130 g/mol. The van der Waals surface area contributed by atoms with E-state index < -0.39 is 0 Å². The molecule has 0 nitrogen and oxygen atoms in total. The maximum atomic E-state index is 3.92. The van der Waals surface area contributed by atoms with Gasteiger partial charge in [-0.2, -0.15) is 0 Å². The van der Waals surface area contributed by atoms with E-state index in [1.807, 2.05) is 0 Å². The molecule has 0 aliphatic rings. The molecule has 0 aromatic rings. The number of hydrogen-bond acceptors (Lipinski definition) is 0. The maximum absolute atomic E-state index is 3.92. The number of rotatable bonds is 1. The van der Waals surface area contributed by atoms with Gasteiger partial charge in [0.15, 0.2) is 0 Å². The molecule has 0 aliphatic carbocycles. The van der Waals surface area contributed by atoms with Crippen LogP contribution in [0.2, 0.25) is 0 Å². The van der Waals surface area contributed by atoms with Crippen LogP contribution in [0.25, 0.3) is 0 Å². The summed E-state index contributed by atoms with van der Waals surface area (Å²) in [6.45, 7) is 10.5. The van der Waals surface area contributed by atoms with Crippen LogP contribution in [-0.2, 0) is 0 Å². The van der Waals surface area contributed by atoms with Crippen molar-refractivity contribution in [3.8, 4) is 0 Å². The Morgan fingerprint density at radius 1 is 1.50 bits per heavy atom. The molecule has 0 N–H and O–H groups in total. The molecule has 0 aliphatic heterocycles. The average Bonchev–Trinajstić information content (AvgIpc) is 1.62. The van der Waals surface area contributed by atoms with Crippen molar-refractivity contribution in [1.82, 2.24) is 0 Å². The lowest BCUT2D eigenvalue weighted by molar-refractivity contribution is 0.508. The topological polar surface area (TPSA) is 0 Å². The summed E-state index contributed by atoms with van der Waals surface area (Å²) >= 11 is 0. The first kappa shape index (κ1) is 8.17. The third kappa shape index (κ3) is 2.47. The van der Waals surface area contributed by atoms with Gasteiger partial charge < -0.3 is 0 Å². The molecule has 0 rings (SSSR count). The van der Waals surface area contributed by atoms with Crippen LogP contribution in [0, 0.1) is 5.41 Å². The van der Waals surface area contributed by atoms with Gasteiger partial charge >= 0.3 is 0 Å². The predicted molar refractivity (Wildman–Crippen MR) is 43.2 cm³/mol. The minimum atomic E-state index is 0.293. The van der Waals surface area contributed by atoms with Gasteiger partial charge in [0.2, 0.25) is 0 Å². The molecule has 0 radical (unpaired) electrons. The molecule has 0 saturated carbocycles. The predicted octanol–water partition coefficient (Wildman–Crippen LogP) is 2.46. The first-order chi connectivity index (χ1) is 3.48. The van der Waals surface area contributed by atoms with Gasteiger partial charge in [0.05, 0.1) is 0 Å². The van der Waals surface area contributed by atoms with Crippen molar-refractivity contribution >= 4 is 9.24 Å². The van der Waals surface area contributed by atoms with Gasteiger partial charge in [0.1, 0.15) is 0 Å². The van der Waals surface area contributed by atoms with Crippen molar-refractivity contribution in [2.75, 3.05) is 6.16 Å². The fraction of sp³-hybridized carbons (Fsp3) is 0.714. The SMILES string of the molecule is C=C(CP)C(C)(C)C. The Bertz CT molecular complexity index is 87.1. The zero-order valence-electron chi connectivity index (χ0n) is 5.99. The lowest BCUT2D eigenvalue weighted by Gasteiger charge is -2.19. The quantitative estimate of drug-likeness (QED) is 0.378. The van der Waals surface area contributed by atoms with Gasteiger partial charge in [-0.25, -0.2) is 0 Å². The highest BCUT2D eigenvalue weighted by Crippen LogP contribution is 2.24. The molecular weight excluding hydrogens is 115 g/mol. The van der Waals surface area contributed by atoms with E-state index in [1.54, 1.807) is 0 Å². The number of allylic oxidation sites excluding steroid dienone is 1. The van der Waals surface area contributed by atoms with Gasteiger partial charge in [-0.05, 0) is 11.6 Å². The van der Waals surface area contributed by atoms with E-state index >= 15 is 0 Å². The first-order valence-corrected chi connectivity index (χ1v) is 3.68. The van der Waals surface area contributed by atoms with Crippen molar-refractivity contribution in [2.45, 2.75) is 20.8 Å². The summed E-state index contributed by atoms with van der Waals surface area (Å²) in [7, 11) is 2.68. The second-order valence-electron chi connectivity index (χ2n) is 3.06. The summed E-state index contributed by atoms with van der Waals surface area (Å²) in [4.78, 5) is 0. The second-order valence-corrected chi connectivity index (χ2v) is 3.47. The molecule has 48 valence electrons. The van der Waals surface area contributed by atoms with Crippen molar-refractivity contribution in [3.63, 3.8) is 0 Å². The smallest absolute Gasteiger partial charge is 0.0167 e. The molecule has 0 spiro atoms. The standard InChI is InChI=1S/C7H15P/c1-6(5-8)7(2,3)4/h1,5,8H2,2-4H3. The summed E-state index contributed by atoms with van der Waals surface area (Å²) in [5.74, 6) is 0. The summed E-state index contributed by atoms with van der Waals surface area (Å²) in [5, 5.41) is 0. The Labute approximate surface area is 54.6 Å². The van der Waals surface area contributed by atoms with Crippen LogP contribution < -0.4 is 0 Å². The van der Waals surface area contributed by atoms with E-state index in [0.29, 0.717) is 5.41 Å². The third-order valence-corrected chi connectivity index (χ3v) is 1.80. The molecular formula is C7H15P. The van der Waals surface area contributed by atoms with Crippen molar-refractivity contribution < 1.29 is 0 Å². The highest BCUT2D eigenvalue weighted by molar-refractivity contribution is 7.16. The summed E-state index contributed by atoms with van der Waals surface area (Å²) in [6, 6.07) is 0. The molecule has 1 unspecified atom stereocenters. The third-order valence-electron chi connectivity index (χ3n) is 1.31. The normalized spacial score (nSPS) is 11.5. The lowest BCUT2D eigenvalue weighted by atomic mass is 9.89. The highest BCUT2D eigenvalue weighted by Gasteiger charge is 2.11. The van der Waals surface area contributed by atoms with Crippen molar-refractivity contribution in [3.05, 3.63) is 12.2 Å². The molecule has 0 fully saturated rings. The van der Waals surface area contributed by atoms with Gasteiger partial charge in [0.25, 0.3) is 0 Å². The van der Waals surface area contributed by atoms with E-state index in [9.17, 15) is 0 Å². The Morgan fingerprint density at radius 3 is 1.88 bits per heavy atom. The molecule has 0 bridgehead atoms. The molecule has 0 aromatic heterocycles. The van der Waals surface area contributed by atoms with Crippen molar-refractivity contribution in [1.29, 1.82) is 0 Å². The minimum Gasteiger partial charge on any atom is -0.133 e.